The van der Waals surface area contributed by atoms with Crippen molar-refractivity contribution in [3.63, 3.8) is 0 Å². The number of hydrogen-bond acceptors (Lipinski definition) is 16. The van der Waals surface area contributed by atoms with Crippen LogP contribution >= 0.6 is 0 Å². The van der Waals surface area contributed by atoms with Gasteiger partial charge in [0, 0.05) is 36.1 Å². The molecule has 4 aromatic rings. The van der Waals surface area contributed by atoms with E-state index in [0.717, 1.165) is 12.2 Å². The first-order chi connectivity index (χ1) is 26.3. The van der Waals surface area contributed by atoms with Gasteiger partial charge in [0.15, 0.2) is 23.1 Å². The monoisotopic (exact) mass is 740 g/mol. The fourth-order valence-electron chi connectivity index (χ4n) is 4.56. The highest BCUT2D eigenvalue weighted by molar-refractivity contribution is 5.91. The van der Waals surface area contributed by atoms with Gasteiger partial charge in [0.1, 0.15) is 0 Å². The van der Waals surface area contributed by atoms with Crippen molar-refractivity contribution in [3.8, 4) is 34.3 Å². The fourth-order valence-corrected chi connectivity index (χ4v) is 4.56. The van der Waals surface area contributed by atoms with Crippen LogP contribution in [0.25, 0.3) is 22.8 Å². The van der Waals surface area contributed by atoms with Gasteiger partial charge in [0.05, 0.1) is 75.6 Å². The van der Waals surface area contributed by atoms with Gasteiger partial charge in [-0.25, -0.2) is 39.1 Å². The third-order valence-corrected chi connectivity index (χ3v) is 7.27. The maximum Gasteiger partial charge on any atom is 0.340 e. The number of rotatable bonds is 18. The van der Waals surface area contributed by atoms with Gasteiger partial charge >= 0.3 is 23.9 Å². The number of benzene rings is 2. The van der Waals surface area contributed by atoms with Crippen LogP contribution in [0.3, 0.4) is 0 Å². The summed E-state index contributed by atoms with van der Waals surface area (Å²) in [4.78, 5) is 65.4. The summed E-state index contributed by atoms with van der Waals surface area (Å²) < 4.78 is 43.1. The number of esters is 4. The van der Waals surface area contributed by atoms with E-state index in [1.165, 1.54) is 24.8 Å². The zero-order valence-corrected chi connectivity index (χ0v) is 29.0. The fraction of sp³-hybridized carbons (Fsp3) is 0.263. The molecule has 16 heteroatoms. The summed E-state index contributed by atoms with van der Waals surface area (Å²) in [5, 5.41) is 0. The Labute approximate surface area is 309 Å². The zero-order chi connectivity index (χ0) is 38.1. The predicted octanol–water partition coefficient (Wildman–Crippen LogP) is 4.31. The van der Waals surface area contributed by atoms with Crippen molar-refractivity contribution in [2.24, 2.45) is 0 Å². The molecule has 1 saturated heterocycles. The van der Waals surface area contributed by atoms with Crippen molar-refractivity contribution in [2.75, 3.05) is 39.6 Å². The number of hydrogen-bond donors (Lipinski definition) is 0. The van der Waals surface area contributed by atoms with Crippen LogP contribution in [0.5, 0.6) is 11.5 Å². The highest BCUT2D eigenvalue weighted by Gasteiger charge is 2.34. The second kappa shape index (κ2) is 19.9. The summed E-state index contributed by atoms with van der Waals surface area (Å²) in [6.07, 6.45) is 6.60. The van der Waals surface area contributed by atoms with Crippen molar-refractivity contribution in [3.05, 3.63) is 110 Å². The smallest absolute Gasteiger partial charge is 0.340 e. The Balaban J connectivity index is 1.08. The van der Waals surface area contributed by atoms with Gasteiger partial charge in [0.2, 0.25) is 0 Å². The van der Waals surface area contributed by atoms with E-state index in [2.05, 4.69) is 33.1 Å². The predicted molar refractivity (Wildman–Crippen MR) is 188 cm³/mol. The summed E-state index contributed by atoms with van der Waals surface area (Å²) >= 11 is 0. The lowest BCUT2D eigenvalue weighted by atomic mass is 10.1. The van der Waals surface area contributed by atoms with Crippen molar-refractivity contribution < 1.29 is 57.1 Å². The molecule has 1 fully saturated rings. The van der Waals surface area contributed by atoms with Crippen LogP contribution in [0, 0.1) is 0 Å². The van der Waals surface area contributed by atoms with Crippen LogP contribution < -0.4 is 9.47 Å². The third-order valence-electron chi connectivity index (χ3n) is 7.27. The van der Waals surface area contributed by atoms with Crippen molar-refractivity contribution in [1.29, 1.82) is 0 Å². The third kappa shape index (κ3) is 11.5. The van der Waals surface area contributed by atoms with Gasteiger partial charge in [0.25, 0.3) is 12.6 Å². The molecule has 280 valence electrons. The molecule has 0 radical (unpaired) electrons. The molecule has 3 heterocycles. The average molecular weight is 741 g/mol. The maximum atomic E-state index is 13.0. The Hall–Kier alpha value is -6.52. The summed E-state index contributed by atoms with van der Waals surface area (Å²) in [6.45, 7) is 7.92. The van der Waals surface area contributed by atoms with E-state index >= 15 is 0 Å². The summed E-state index contributed by atoms with van der Waals surface area (Å²) in [5.74, 6) is -0.744. The van der Waals surface area contributed by atoms with E-state index < -0.39 is 36.5 Å². The van der Waals surface area contributed by atoms with Crippen molar-refractivity contribution in [2.45, 2.75) is 25.4 Å². The van der Waals surface area contributed by atoms with E-state index in [1.54, 1.807) is 48.5 Å². The molecule has 0 amide bonds. The molecule has 0 bridgehead atoms. The zero-order valence-electron chi connectivity index (χ0n) is 29.0. The molecular formula is C38H36N4O12. The molecule has 2 atom stereocenters. The minimum Gasteiger partial charge on any atom is -0.490 e. The topological polar surface area (TPSA) is 194 Å². The van der Waals surface area contributed by atoms with Gasteiger partial charge in [-0.2, -0.15) is 0 Å². The summed E-state index contributed by atoms with van der Waals surface area (Å²) in [6, 6.07) is 12.8. The molecule has 0 N–H and O–H groups in total. The van der Waals surface area contributed by atoms with E-state index in [1.807, 2.05) is 0 Å². The van der Waals surface area contributed by atoms with E-state index in [4.69, 9.17) is 37.9 Å². The Bertz CT molecular complexity index is 1750. The largest absolute Gasteiger partial charge is 0.490 e. The van der Waals surface area contributed by atoms with Crippen LogP contribution in [-0.2, 0) is 38.0 Å². The average Bonchev–Trinajstić information content (AvgIpc) is 3.21. The first-order valence-corrected chi connectivity index (χ1v) is 16.7. The second-order valence-corrected chi connectivity index (χ2v) is 11.1. The first kappa shape index (κ1) is 38.7. The number of nitrogens with zero attached hydrogens (tertiary/aromatic N) is 4. The molecular weight excluding hydrogens is 704 g/mol. The maximum absolute atomic E-state index is 13.0. The Kier molecular flexibility index (Phi) is 14.3. The minimum atomic E-state index is -1.31. The number of carbonyl (C=O) groups is 4. The van der Waals surface area contributed by atoms with E-state index in [0.29, 0.717) is 60.3 Å². The van der Waals surface area contributed by atoms with Crippen LogP contribution in [0.1, 0.15) is 33.6 Å². The van der Waals surface area contributed by atoms with Gasteiger partial charge in [-0.15, -0.1) is 0 Å². The molecule has 2 aromatic carbocycles. The standard InChI is InChI=1S/C38H36N4O12/c1-3-31(43)49-17-5-15-47-29-21-39-33(40-22-29)25-7-11-27(12-8-25)35(45)53-37-38(52-20-19-51-37)54-36(46)28-13-9-26(10-14-28)34-41-23-30(24-42-34)48-16-6-18-50-32(44)4-2/h3-4,7-14,21-24,37-38H,1-2,5-6,15-20H2/t37-,38-/m1/s1. The van der Waals surface area contributed by atoms with Crippen LogP contribution in [-0.4, -0.2) is 96.0 Å². The SMILES string of the molecule is C=CC(=O)OCCCOc1cnc(-c2ccc(C(=O)O[C@H]3OCCO[C@@H]3OC(=O)c3ccc(-c4ncc(OCCCOC(=O)C=C)cn4)cc3)cc2)nc1. The molecule has 5 rings (SSSR count). The summed E-state index contributed by atoms with van der Waals surface area (Å²) in [5.41, 5.74) is 1.69. The molecule has 54 heavy (non-hydrogen) atoms. The number of ether oxygens (including phenoxy) is 8. The first-order valence-electron chi connectivity index (χ1n) is 16.7. The molecule has 1 aliphatic rings. The Morgan fingerprint density at radius 3 is 1.31 bits per heavy atom. The highest BCUT2D eigenvalue weighted by atomic mass is 16.8. The van der Waals surface area contributed by atoms with E-state index in [9.17, 15) is 19.2 Å². The number of carbonyl (C=O) groups excluding carboxylic acids is 4. The molecule has 0 aliphatic carbocycles. The quantitative estimate of drug-likeness (QED) is 0.0606. The molecule has 0 unspecified atom stereocenters. The molecule has 0 saturated carbocycles. The molecule has 2 aromatic heterocycles. The number of aromatic nitrogens is 4. The minimum absolute atomic E-state index is 0.119. The van der Waals surface area contributed by atoms with Crippen LogP contribution in [0.2, 0.25) is 0 Å². The van der Waals surface area contributed by atoms with Crippen molar-refractivity contribution in [1.82, 2.24) is 19.9 Å². The molecule has 0 spiro atoms. The lowest BCUT2D eigenvalue weighted by Crippen LogP contribution is -2.44. The Morgan fingerprint density at radius 2 is 0.963 bits per heavy atom. The highest BCUT2D eigenvalue weighted by Crippen LogP contribution is 2.22. The molecule has 1 aliphatic heterocycles. The van der Waals surface area contributed by atoms with Gasteiger partial charge in [-0.3, -0.25) is 0 Å². The lowest BCUT2D eigenvalue weighted by molar-refractivity contribution is -0.288. The van der Waals surface area contributed by atoms with Crippen molar-refractivity contribution >= 4 is 23.9 Å². The molecule has 16 nitrogen and oxygen atoms in total. The van der Waals surface area contributed by atoms with Gasteiger partial charge in [-0.05, 0) is 24.3 Å². The lowest BCUT2D eigenvalue weighted by Gasteiger charge is -2.30. The summed E-state index contributed by atoms with van der Waals surface area (Å²) in [7, 11) is 0. The second-order valence-electron chi connectivity index (χ2n) is 11.1. The van der Waals surface area contributed by atoms with Gasteiger partial charge < -0.3 is 37.9 Å². The van der Waals surface area contributed by atoms with Gasteiger partial charge in [-0.1, -0.05) is 37.4 Å². The van der Waals surface area contributed by atoms with Crippen LogP contribution in [0.4, 0.5) is 0 Å². The van der Waals surface area contributed by atoms with E-state index in [-0.39, 0.29) is 37.6 Å². The Morgan fingerprint density at radius 1 is 0.593 bits per heavy atom. The van der Waals surface area contributed by atoms with Crippen LogP contribution in [0.15, 0.2) is 98.6 Å². The normalized spacial score (nSPS) is 14.9.